The Morgan fingerprint density at radius 2 is 2.05 bits per heavy atom. The molecule has 5 nitrogen and oxygen atoms in total. The number of rotatable bonds is 5. The normalized spacial score (nSPS) is 12.5. The van der Waals surface area contributed by atoms with Crippen LogP contribution in [0.5, 0.6) is 5.75 Å². The van der Waals surface area contributed by atoms with E-state index in [2.05, 4.69) is 30.4 Å². The molecule has 1 unspecified atom stereocenters. The van der Waals surface area contributed by atoms with Gasteiger partial charge in [0.25, 0.3) is 0 Å². The fourth-order valence-corrected chi connectivity index (χ4v) is 2.83. The topological polar surface area (TPSA) is 65.1 Å². The summed E-state index contributed by atoms with van der Waals surface area (Å²) in [6, 6.07) is 6.20. The van der Waals surface area contributed by atoms with Gasteiger partial charge in [0.1, 0.15) is 5.75 Å². The molecule has 0 saturated heterocycles. The van der Waals surface area contributed by atoms with Crippen LogP contribution in [0.2, 0.25) is 0 Å². The zero-order valence-electron chi connectivity index (χ0n) is 13.4. The number of hydrogen-bond acceptors (Lipinski definition) is 4. The van der Waals surface area contributed by atoms with Crippen molar-refractivity contribution in [2.75, 3.05) is 7.11 Å². The highest BCUT2D eigenvalue weighted by Gasteiger charge is 2.21. The Balaban J connectivity index is 2.38. The minimum absolute atomic E-state index is 0.00870. The molecule has 114 valence electrons. The zero-order chi connectivity index (χ0) is 15.6. The molecule has 5 heteroatoms. The number of hydrogen-bond donors (Lipinski definition) is 2. The molecule has 0 fully saturated rings. The summed E-state index contributed by atoms with van der Waals surface area (Å²) in [5.41, 5.74) is 8.56. The standard InChI is InChI=1S/C16H24N4O/c1-10-6-7-15(21-5)13(8-10)9-14(18-17)16-11(2)19-20(4)12(16)3/h6-8,14,18H,9,17H2,1-5H3. The summed E-state index contributed by atoms with van der Waals surface area (Å²) in [7, 11) is 3.65. The van der Waals surface area contributed by atoms with Crippen LogP contribution in [0.1, 0.15) is 34.1 Å². The van der Waals surface area contributed by atoms with Crippen LogP contribution in [-0.4, -0.2) is 16.9 Å². The molecule has 1 aromatic carbocycles. The average Bonchev–Trinajstić information content (AvgIpc) is 2.70. The molecule has 1 heterocycles. The number of aryl methyl sites for hydroxylation is 3. The molecule has 1 aromatic heterocycles. The first kappa shape index (κ1) is 15.5. The van der Waals surface area contributed by atoms with Gasteiger partial charge in [0.2, 0.25) is 0 Å². The van der Waals surface area contributed by atoms with Gasteiger partial charge in [-0.15, -0.1) is 0 Å². The van der Waals surface area contributed by atoms with E-state index in [1.54, 1.807) is 7.11 Å². The summed E-state index contributed by atoms with van der Waals surface area (Å²) in [5.74, 6) is 6.69. The molecule has 0 saturated carbocycles. The number of ether oxygens (including phenoxy) is 1. The Bertz CT molecular complexity index is 633. The summed E-state index contributed by atoms with van der Waals surface area (Å²) in [6.07, 6.45) is 0.759. The molecule has 2 rings (SSSR count). The largest absolute Gasteiger partial charge is 0.496 e. The van der Waals surface area contributed by atoms with Crippen molar-refractivity contribution < 1.29 is 4.74 Å². The SMILES string of the molecule is COc1ccc(C)cc1CC(NN)c1c(C)nn(C)c1C. The molecule has 1 atom stereocenters. The Hall–Kier alpha value is -1.85. The minimum Gasteiger partial charge on any atom is -0.496 e. The first-order valence-electron chi connectivity index (χ1n) is 7.07. The lowest BCUT2D eigenvalue weighted by Gasteiger charge is -2.19. The maximum Gasteiger partial charge on any atom is 0.122 e. The monoisotopic (exact) mass is 288 g/mol. The van der Waals surface area contributed by atoms with E-state index in [-0.39, 0.29) is 6.04 Å². The molecule has 0 aliphatic heterocycles. The summed E-state index contributed by atoms with van der Waals surface area (Å²) in [4.78, 5) is 0. The molecule has 3 N–H and O–H groups in total. The predicted octanol–water partition coefficient (Wildman–Crippen LogP) is 2.10. The van der Waals surface area contributed by atoms with Crippen LogP contribution in [0.15, 0.2) is 18.2 Å². The fourth-order valence-electron chi connectivity index (χ4n) is 2.83. The van der Waals surface area contributed by atoms with Gasteiger partial charge in [0.05, 0.1) is 18.8 Å². The molecule has 2 aromatic rings. The molecule has 0 aliphatic carbocycles. The number of hydrazine groups is 1. The lowest BCUT2D eigenvalue weighted by atomic mass is 9.96. The highest BCUT2D eigenvalue weighted by molar-refractivity contribution is 5.39. The van der Waals surface area contributed by atoms with Crippen molar-refractivity contribution in [3.8, 4) is 5.75 Å². The Morgan fingerprint density at radius 3 is 2.57 bits per heavy atom. The van der Waals surface area contributed by atoms with Crippen LogP contribution < -0.4 is 16.0 Å². The van der Waals surface area contributed by atoms with Gasteiger partial charge in [-0.3, -0.25) is 16.0 Å². The van der Waals surface area contributed by atoms with E-state index in [0.717, 1.165) is 34.7 Å². The van der Waals surface area contributed by atoms with E-state index >= 15 is 0 Å². The number of benzene rings is 1. The molecule has 21 heavy (non-hydrogen) atoms. The molecule has 0 aliphatic rings. The second-order valence-corrected chi connectivity index (χ2v) is 5.45. The summed E-state index contributed by atoms with van der Waals surface area (Å²) in [6.45, 7) is 6.15. The highest BCUT2D eigenvalue weighted by atomic mass is 16.5. The van der Waals surface area contributed by atoms with Crippen molar-refractivity contribution in [1.29, 1.82) is 0 Å². The number of nitrogens with two attached hydrogens (primary N) is 1. The summed E-state index contributed by atoms with van der Waals surface area (Å²) < 4.78 is 7.35. The Labute approximate surface area is 126 Å². The maximum absolute atomic E-state index is 5.80. The number of methoxy groups -OCH3 is 1. The van der Waals surface area contributed by atoms with Crippen LogP contribution in [0, 0.1) is 20.8 Å². The molecular weight excluding hydrogens is 264 g/mol. The third-order valence-electron chi connectivity index (χ3n) is 3.97. The van der Waals surface area contributed by atoms with Gasteiger partial charge in [-0.2, -0.15) is 5.10 Å². The Kier molecular flexibility index (Phi) is 4.65. The van der Waals surface area contributed by atoms with E-state index in [9.17, 15) is 0 Å². The first-order chi connectivity index (χ1) is 9.97. The van der Waals surface area contributed by atoms with Crippen molar-refractivity contribution in [3.05, 3.63) is 46.3 Å². The first-order valence-corrected chi connectivity index (χ1v) is 7.07. The van der Waals surface area contributed by atoms with E-state index < -0.39 is 0 Å². The van der Waals surface area contributed by atoms with Crippen molar-refractivity contribution in [2.45, 2.75) is 33.2 Å². The minimum atomic E-state index is 0.00870. The van der Waals surface area contributed by atoms with Crippen molar-refractivity contribution >= 4 is 0 Å². The lowest BCUT2D eigenvalue weighted by Crippen LogP contribution is -2.30. The number of nitrogens with zero attached hydrogens (tertiary/aromatic N) is 2. The van der Waals surface area contributed by atoms with Crippen molar-refractivity contribution in [3.63, 3.8) is 0 Å². The number of nitrogens with one attached hydrogen (secondary N) is 1. The number of aromatic nitrogens is 2. The second kappa shape index (κ2) is 6.28. The summed E-state index contributed by atoms with van der Waals surface area (Å²) in [5, 5.41) is 4.47. The third-order valence-corrected chi connectivity index (χ3v) is 3.97. The Morgan fingerprint density at radius 1 is 1.33 bits per heavy atom. The van der Waals surface area contributed by atoms with E-state index in [0.29, 0.717) is 0 Å². The van der Waals surface area contributed by atoms with Gasteiger partial charge in [-0.25, -0.2) is 0 Å². The molecule has 0 radical (unpaired) electrons. The smallest absolute Gasteiger partial charge is 0.122 e. The molecule has 0 spiro atoms. The molecular formula is C16H24N4O. The quantitative estimate of drug-likeness (QED) is 0.653. The van der Waals surface area contributed by atoms with Crippen molar-refractivity contribution in [2.24, 2.45) is 12.9 Å². The van der Waals surface area contributed by atoms with Crippen LogP contribution in [-0.2, 0) is 13.5 Å². The van der Waals surface area contributed by atoms with Gasteiger partial charge in [-0.05, 0) is 38.8 Å². The van der Waals surface area contributed by atoms with Crippen LogP contribution in [0.25, 0.3) is 0 Å². The second-order valence-electron chi connectivity index (χ2n) is 5.45. The van der Waals surface area contributed by atoms with Crippen LogP contribution in [0.4, 0.5) is 0 Å². The highest BCUT2D eigenvalue weighted by Crippen LogP contribution is 2.28. The average molecular weight is 288 g/mol. The summed E-state index contributed by atoms with van der Waals surface area (Å²) >= 11 is 0. The maximum atomic E-state index is 5.80. The predicted molar refractivity (Wildman–Crippen MR) is 84.2 cm³/mol. The lowest BCUT2D eigenvalue weighted by molar-refractivity contribution is 0.405. The zero-order valence-corrected chi connectivity index (χ0v) is 13.4. The van der Waals surface area contributed by atoms with Gasteiger partial charge in [-0.1, -0.05) is 17.7 Å². The third kappa shape index (κ3) is 3.09. The van der Waals surface area contributed by atoms with E-state index in [1.807, 2.05) is 30.8 Å². The van der Waals surface area contributed by atoms with Gasteiger partial charge >= 0.3 is 0 Å². The van der Waals surface area contributed by atoms with Crippen LogP contribution >= 0.6 is 0 Å². The molecule has 0 amide bonds. The van der Waals surface area contributed by atoms with Gasteiger partial charge in [0.15, 0.2) is 0 Å². The molecule has 0 bridgehead atoms. The van der Waals surface area contributed by atoms with Gasteiger partial charge < -0.3 is 4.74 Å². The van der Waals surface area contributed by atoms with E-state index in [1.165, 1.54) is 5.56 Å². The van der Waals surface area contributed by atoms with Gasteiger partial charge in [0, 0.05) is 18.3 Å². The van der Waals surface area contributed by atoms with Crippen molar-refractivity contribution in [1.82, 2.24) is 15.2 Å². The van der Waals surface area contributed by atoms with Crippen LogP contribution in [0.3, 0.4) is 0 Å². The van der Waals surface area contributed by atoms with E-state index in [4.69, 9.17) is 10.6 Å². The fraction of sp³-hybridized carbons (Fsp3) is 0.438.